The minimum absolute atomic E-state index is 0.455. The lowest BCUT2D eigenvalue weighted by Crippen LogP contribution is -2.01. The first-order chi connectivity index (χ1) is 9.29. The molecule has 0 saturated heterocycles. The number of hydrogen-bond acceptors (Lipinski definition) is 3. The highest BCUT2D eigenvalue weighted by Gasteiger charge is 2.08. The fourth-order valence-electron chi connectivity index (χ4n) is 1.81. The Kier molecular flexibility index (Phi) is 5.31. The van der Waals surface area contributed by atoms with Crippen LogP contribution in [0.25, 0.3) is 0 Å². The molecule has 0 aliphatic heterocycles. The lowest BCUT2D eigenvalue weighted by Gasteiger charge is -2.11. The molecule has 0 radical (unpaired) electrons. The van der Waals surface area contributed by atoms with Crippen molar-refractivity contribution in [2.75, 3.05) is 12.9 Å². The molecule has 0 fully saturated rings. The van der Waals surface area contributed by atoms with Crippen molar-refractivity contribution in [3.05, 3.63) is 65.7 Å². The van der Waals surface area contributed by atoms with Gasteiger partial charge in [0.15, 0.2) is 0 Å². The third kappa shape index (κ3) is 4.30. The monoisotopic (exact) mass is 274 g/mol. The maximum Gasteiger partial charge on any atom is 0.119 e. The maximum atomic E-state index is 10.1. The van der Waals surface area contributed by atoms with E-state index in [-0.39, 0.29) is 0 Å². The van der Waals surface area contributed by atoms with Crippen LogP contribution in [0.15, 0.2) is 54.6 Å². The van der Waals surface area contributed by atoms with Crippen LogP contribution in [0.1, 0.15) is 17.2 Å². The van der Waals surface area contributed by atoms with Gasteiger partial charge in [-0.05, 0) is 23.3 Å². The minimum atomic E-state index is -0.455. The molecule has 0 aliphatic rings. The lowest BCUT2D eigenvalue weighted by molar-refractivity contribution is 0.203. The van der Waals surface area contributed by atoms with Gasteiger partial charge >= 0.3 is 0 Å². The van der Waals surface area contributed by atoms with E-state index in [9.17, 15) is 5.11 Å². The number of methoxy groups -OCH3 is 1. The molecule has 2 aromatic rings. The van der Waals surface area contributed by atoms with Crippen LogP contribution < -0.4 is 4.74 Å². The standard InChI is InChI=1S/C16H18O2S/c1-18-15-9-5-8-14(10-15)16(17)12-19-11-13-6-3-2-4-7-13/h2-10,16-17H,11-12H2,1H3. The zero-order valence-electron chi connectivity index (χ0n) is 11.0. The lowest BCUT2D eigenvalue weighted by atomic mass is 10.1. The van der Waals surface area contributed by atoms with Crippen LogP contribution in [-0.4, -0.2) is 18.0 Å². The number of thioether (sulfide) groups is 1. The SMILES string of the molecule is COc1cccc(C(O)CSCc2ccccc2)c1. The van der Waals surface area contributed by atoms with Crippen LogP contribution in [0.3, 0.4) is 0 Å². The third-order valence-electron chi connectivity index (χ3n) is 2.87. The van der Waals surface area contributed by atoms with Gasteiger partial charge in [-0.2, -0.15) is 11.8 Å². The van der Waals surface area contributed by atoms with Gasteiger partial charge < -0.3 is 9.84 Å². The summed E-state index contributed by atoms with van der Waals surface area (Å²) in [5.41, 5.74) is 2.19. The molecule has 0 heterocycles. The van der Waals surface area contributed by atoms with Gasteiger partial charge in [-0.25, -0.2) is 0 Å². The number of ether oxygens (including phenoxy) is 1. The first-order valence-corrected chi connectivity index (χ1v) is 7.39. The van der Waals surface area contributed by atoms with Crippen molar-refractivity contribution in [2.45, 2.75) is 11.9 Å². The van der Waals surface area contributed by atoms with Gasteiger partial charge in [-0.15, -0.1) is 0 Å². The first-order valence-electron chi connectivity index (χ1n) is 6.23. The zero-order valence-corrected chi connectivity index (χ0v) is 11.8. The average Bonchev–Trinajstić information content (AvgIpc) is 2.48. The molecule has 0 aliphatic carbocycles. The van der Waals surface area contributed by atoms with E-state index in [2.05, 4.69) is 12.1 Å². The van der Waals surface area contributed by atoms with E-state index in [1.54, 1.807) is 18.9 Å². The quantitative estimate of drug-likeness (QED) is 0.871. The molecule has 0 aromatic heterocycles. The average molecular weight is 274 g/mol. The fraction of sp³-hybridized carbons (Fsp3) is 0.250. The Labute approximate surface area is 118 Å². The molecule has 0 bridgehead atoms. The van der Waals surface area contributed by atoms with E-state index in [4.69, 9.17) is 4.74 Å². The van der Waals surface area contributed by atoms with Gasteiger partial charge in [-0.3, -0.25) is 0 Å². The van der Waals surface area contributed by atoms with Crippen LogP contribution in [0, 0.1) is 0 Å². The van der Waals surface area contributed by atoms with Crippen LogP contribution in [0.4, 0.5) is 0 Å². The highest BCUT2D eigenvalue weighted by Crippen LogP contribution is 2.23. The summed E-state index contributed by atoms with van der Waals surface area (Å²) in [5.74, 6) is 2.38. The van der Waals surface area contributed by atoms with Gasteiger partial charge in [-0.1, -0.05) is 42.5 Å². The van der Waals surface area contributed by atoms with Gasteiger partial charge in [0.25, 0.3) is 0 Å². The summed E-state index contributed by atoms with van der Waals surface area (Å²) < 4.78 is 5.16. The van der Waals surface area contributed by atoms with Crippen LogP contribution in [0.2, 0.25) is 0 Å². The van der Waals surface area contributed by atoms with E-state index >= 15 is 0 Å². The van der Waals surface area contributed by atoms with E-state index in [0.29, 0.717) is 5.75 Å². The molecule has 1 unspecified atom stereocenters. The first kappa shape index (κ1) is 14.0. The maximum absolute atomic E-state index is 10.1. The Morgan fingerprint density at radius 3 is 2.63 bits per heavy atom. The van der Waals surface area contributed by atoms with Crippen molar-refractivity contribution in [3.8, 4) is 5.75 Å². The Hall–Kier alpha value is -1.45. The highest BCUT2D eigenvalue weighted by molar-refractivity contribution is 7.98. The Morgan fingerprint density at radius 2 is 1.89 bits per heavy atom. The second-order valence-electron chi connectivity index (χ2n) is 4.29. The molecule has 3 heteroatoms. The van der Waals surface area contributed by atoms with E-state index < -0.39 is 6.10 Å². The van der Waals surface area contributed by atoms with Crippen molar-refractivity contribution in [3.63, 3.8) is 0 Å². The predicted octanol–water partition coefficient (Wildman–Crippen LogP) is 3.66. The van der Waals surface area contributed by atoms with Crippen molar-refractivity contribution in [2.24, 2.45) is 0 Å². The summed E-state index contributed by atoms with van der Waals surface area (Å²) in [7, 11) is 1.63. The number of aliphatic hydroxyl groups is 1. The molecule has 100 valence electrons. The highest BCUT2D eigenvalue weighted by atomic mass is 32.2. The number of hydrogen-bond donors (Lipinski definition) is 1. The van der Waals surface area contributed by atoms with Gasteiger partial charge in [0.05, 0.1) is 13.2 Å². The van der Waals surface area contributed by atoms with Gasteiger partial charge in [0, 0.05) is 11.5 Å². The molecular formula is C16H18O2S. The Balaban J connectivity index is 1.85. The number of aliphatic hydroxyl groups excluding tert-OH is 1. The molecule has 19 heavy (non-hydrogen) atoms. The number of benzene rings is 2. The van der Waals surface area contributed by atoms with Crippen LogP contribution in [0.5, 0.6) is 5.75 Å². The topological polar surface area (TPSA) is 29.5 Å². The molecule has 0 amide bonds. The van der Waals surface area contributed by atoms with E-state index in [0.717, 1.165) is 17.1 Å². The summed E-state index contributed by atoms with van der Waals surface area (Å²) in [6.07, 6.45) is -0.455. The van der Waals surface area contributed by atoms with Crippen molar-refractivity contribution in [1.29, 1.82) is 0 Å². The third-order valence-corrected chi connectivity index (χ3v) is 3.95. The summed E-state index contributed by atoms with van der Waals surface area (Å²) in [6, 6.07) is 17.9. The van der Waals surface area contributed by atoms with E-state index in [1.165, 1.54) is 5.56 Å². The molecule has 0 spiro atoms. The Morgan fingerprint density at radius 1 is 1.11 bits per heavy atom. The molecule has 2 nitrogen and oxygen atoms in total. The smallest absolute Gasteiger partial charge is 0.119 e. The van der Waals surface area contributed by atoms with Gasteiger partial charge in [0.1, 0.15) is 5.75 Å². The van der Waals surface area contributed by atoms with Crippen molar-refractivity contribution < 1.29 is 9.84 Å². The van der Waals surface area contributed by atoms with Crippen molar-refractivity contribution in [1.82, 2.24) is 0 Å². The van der Waals surface area contributed by atoms with Crippen LogP contribution in [-0.2, 0) is 5.75 Å². The minimum Gasteiger partial charge on any atom is -0.497 e. The summed E-state index contributed by atoms with van der Waals surface area (Å²) in [5, 5.41) is 10.1. The van der Waals surface area contributed by atoms with Crippen molar-refractivity contribution >= 4 is 11.8 Å². The summed E-state index contributed by atoms with van der Waals surface area (Å²) in [4.78, 5) is 0. The normalized spacial score (nSPS) is 12.1. The zero-order chi connectivity index (χ0) is 13.5. The predicted molar refractivity (Wildman–Crippen MR) is 80.6 cm³/mol. The summed E-state index contributed by atoms with van der Waals surface area (Å²) in [6.45, 7) is 0. The second kappa shape index (κ2) is 7.22. The molecule has 1 N–H and O–H groups in total. The molecule has 2 rings (SSSR count). The van der Waals surface area contributed by atoms with E-state index in [1.807, 2.05) is 42.5 Å². The molecule has 1 atom stereocenters. The number of rotatable bonds is 6. The Bertz CT molecular complexity index is 499. The van der Waals surface area contributed by atoms with Crippen LogP contribution >= 0.6 is 11.8 Å². The second-order valence-corrected chi connectivity index (χ2v) is 5.32. The summed E-state index contributed by atoms with van der Waals surface area (Å²) >= 11 is 1.73. The van der Waals surface area contributed by atoms with Gasteiger partial charge in [0.2, 0.25) is 0 Å². The molecule has 0 saturated carbocycles. The molecular weight excluding hydrogens is 256 g/mol. The fourth-order valence-corrected chi connectivity index (χ4v) is 2.77. The largest absolute Gasteiger partial charge is 0.497 e. The molecule has 2 aromatic carbocycles.